The Morgan fingerprint density at radius 1 is 1.27 bits per heavy atom. The van der Waals surface area contributed by atoms with Gasteiger partial charge >= 0.3 is 0 Å². The zero-order valence-corrected chi connectivity index (χ0v) is 20.9. The predicted octanol–water partition coefficient (Wildman–Crippen LogP) is 3.73. The number of hydrogen-bond acceptors (Lipinski definition) is 8. The van der Waals surface area contributed by atoms with Gasteiger partial charge in [0.15, 0.2) is 0 Å². The summed E-state index contributed by atoms with van der Waals surface area (Å²) in [5.74, 6) is 0.209. The van der Waals surface area contributed by atoms with Gasteiger partial charge in [0.2, 0.25) is 5.91 Å². The van der Waals surface area contributed by atoms with Gasteiger partial charge in [0, 0.05) is 62.4 Å². The molecule has 0 saturated carbocycles. The molecule has 1 amide bonds. The van der Waals surface area contributed by atoms with E-state index in [0.717, 1.165) is 32.6 Å². The van der Waals surface area contributed by atoms with Crippen molar-refractivity contribution in [2.45, 2.75) is 12.5 Å². The SMILES string of the molecule is O=C(C=CCN1CCNCC1)Nc1cc2c(Nc3ccc(F)c(Cl)c3)ncnc2cc1OC1CCOC1. The Morgan fingerprint density at radius 2 is 2.14 bits per heavy atom. The standard InChI is InChI=1S/C26H28ClFN6O3/c27-20-12-17(3-4-21(20)28)32-26-19-13-23(33-25(35)2-1-8-34-9-6-29-7-10-34)24(14-22(19)30-16-31-26)37-18-5-11-36-15-18/h1-4,12-14,16,18,29H,5-11,15H2,(H,33,35)(H,30,31,32). The van der Waals surface area contributed by atoms with Gasteiger partial charge in [-0.25, -0.2) is 14.4 Å². The number of carbonyl (C=O) groups is 1. The van der Waals surface area contributed by atoms with Crippen molar-refractivity contribution in [3.63, 3.8) is 0 Å². The Labute approximate surface area is 219 Å². The highest BCUT2D eigenvalue weighted by molar-refractivity contribution is 6.31. The second kappa shape index (κ2) is 11.8. The molecule has 2 aliphatic heterocycles. The molecule has 0 bridgehead atoms. The van der Waals surface area contributed by atoms with Crippen LogP contribution in [-0.4, -0.2) is 72.8 Å². The maximum atomic E-state index is 13.6. The van der Waals surface area contributed by atoms with E-state index in [0.29, 0.717) is 53.6 Å². The Bertz CT molecular complexity index is 1290. The Morgan fingerprint density at radius 3 is 2.92 bits per heavy atom. The summed E-state index contributed by atoms with van der Waals surface area (Å²) in [4.78, 5) is 23.8. The normalized spacial score (nSPS) is 18.4. The number of amides is 1. The average molecular weight is 527 g/mol. The average Bonchev–Trinajstić information content (AvgIpc) is 3.41. The molecule has 1 aromatic heterocycles. The van der Waals surface area contributed by atoms with Crippen LogP contribution in [0, 0.1) is 5.82 Å². The van der Waals surface area contributed by atoms with Gasteiger partial charge in [0.25, 0.3) is 0 Å². The first-order valence-electron chi connectivity index (χ1n) is 12.2. The highest BCUT2D eigenvalue weighted by Gasteiger charge is 2.21. The molecule has 194 valence electrons. The van der Waals surface area contributed by atoms with Gasteiger partial charge in [-0.2, -0.15) is 0 Å². The number of fused-ring (bicyclic) bond motifs is 1. The number of benzene rings is 2. The van der Waals surface area contributed by atoms with Gasteiger partial charge in [-0.3, -0.25) is 9.69 Å². The van der Waals surface area contributed by atoms with Gasteiger partial charge in [-0.05, 0) is 24.3 Å². The minimum Gasteiger partial charge on any atom is -0.486 e. The van der Waals surface area contributed by atoms with Crippen molar-refractivity contribution in [1.82, 2.24) is 20.2 Å². The number of piperazine rings is 1. The highest BCUT2D eigenvalue weighted by Crippen LogP contribution is 2.35. The van der Waals surface area contributed by atoms with Crippen molar-refractivity contribution in [3.8, 4) is 5.75 Å². The first-order chi connectivity index (χ1) is 18.0. The van der Waals surface area contributed by atoms with Crippen molar-refractivity contribution in [1.29, 1.82) is 0 Å². The summed E-state index contributed by atoms with van der Waals surface area (Å²) in [6.07, 6.45) is 5.47. The second-order valence-electron chi connectivity index (χ2n) is 8.89. The van der Waals surface area contributed by atoms with Crippen LogP contribution in [0.5, 0.6) is 5.75 Å². The first kappa shape index (κ1) is 25.3. The summed E-state index contributed by atoms with van der Waals surface area (Å²) >= 11 is 5.94. The maximum Gasteiger partial charge on any atom is 0.248 e. The van der Waals surface area contributed by atoms with Crippen molar-refractivity contribution in [2.75, 3.05) is 56.6 Å². The number of halogens is 2. The molecule has 5 rings (SSSR count). The number of anilines is 3. The van der Waals surface area contributed by atoms with Crippen LogP contribution in [0.4, 0.5) is 21.6 Å². The molecule has 1 atom stereocenters. The topological polar surface area (TPSA) is 101 Å². The van der Waals surface area contributed by atoms with Crippen LogP contribution in [0.3, 0.4) is 0 Å². The predicted molar refractivity (Wildman–Crippen MR) is 141 cm³/mol. The molecular weight excluding hydrogens is 499 g/mol. The Balaban J connectivity index is 1.41. The molecule has 3 N–H and O–H groups in total. The number of carbonyl (C=O) groups excluding carboxylic acids is 1. The lowest BCUT2D eigenvalue weighted by Crippen LogP contribution is -2.43. The molecule has 11 heteroatoms. The summed E-state index contributed by atoms with van der Waals surface area (Å²) in [5, 5.41) is 10.1. The van der Waals surface area contributed by atoms with Crippen LogP contribution >= 0.6 is 11.6 Å². The van der Waals surface area contributed by atoms with E-state index in [2.05, 4.69) is 30.8 Å². The first-order valence-corrected chi connectivity index (χ1v) is 12.6. The fraction of sp³-hybridized carbons (Fsp3) is 0.346. The van der Waals surface area contributed by atoms with Gasteiger partial charge in [-0.1, -0.05) is 17.7 Å². The van der Waals surface area contributed by atoms with Crippen molar-refractivity contribution < 1.29 is 18.7 Å². The van der Waals surface area contributed by atoms with E-state index in [1.165, 1.54) is 24.5 Å². The van der Waals surface area contributed by atoms with Gasteiger partial charge in [0.1, 0.15) is 29.8 Å². The van der Waals surface area contributed by atoms with Crippen molar-refractivity contribution >= 4 is 45.6 Å². The minimum atomic E-state index is -0.507. The Kier molecular flexibility index (Phi) is 8.10. The number of nitrogens with one attached hydrogen (secondary N) is 3. The van der Waals surface area contributed by atoms with E-state index in [1.807, 2.05) is 6.08 Å². The summed E-state index contributed by atoms with van der Waals surface area (Å²) in [5.41, 5.74) is 1.68. The van der Waals surface area contributed by atoms with Crippen molar-refractivity contribution in [2.24, 2.45) is 0 Å². The lowest BCUT2D eigenvalue weighted by Gasteiger charge is -2.25. The van der Waals surface area contributed by atoms with Crippen LogP contribution in [-0.2, 0) is 9.53 Å². The zero-order chi connectivity index (χ0) is 25.6. The van der Waals surface area contributed by atoms with E-state index >= 15 is 0 Å². The van der Waals surface area contributed by atoms with Crippen molar-refractivity contribution in [3.05, 3.63) is 59.7 Å². The van der Waals surface area contributed by atoms with Crippen LogP contribution in [0.25, 0.3) is 10.9 Å². The number of nitrogens with zero attached hydrogens (tertiary/aromatic N) is 3. The molecule has 2 saturated heterocycles. The highest BCUT2D eigenvalue weighted by atomic mass is 35.5. The zero-order valence-electron chi connectivity index (χ0n) is 20.2. The summed E-state index contributed by atoms with van der Waals surface area (Å²) in [7, 11) is 0. The molecular formula is C26H28ClFN6O3. The van der Waals surface area contributed by atoms with E-state index in [4.69, 9.17) is 21.1 Å². The molecule has 0 radical (unpaired) electrons. The summed E-state index contributed by atoms with van der Waals surface area (Å²) in [6, 6.07) is 7.88. The number of hydrogen-bond donors (Lipinski definition) is 3. The number of rotatable bonds is 8. The van der Waals surface area contributed by atoms with E-state index < -0.39 is 5.82 Å². The summed E-state index contributed by atoms with van der Waals surface area (Å²) in [6.45, 7) is 5.62. The van der Waals surface area contributed by atoms with Gasteiger partial charge < -0.3 is 25.4 Å². The number of aromatic nitrogens is 2. The lowest BCUT2D eigenvalue weighted by atomic mass is 10.1. The fourth-order valence-corrected chi connectivity index (χ4v) is 4.43. The molecule has 2 aliphatic rings. The fourth-order valence-electron chi connectivity index (χ4n) is 4.25. The van der Waals surface area contributed by atoms with Gasteiger partial charge in [0.05, 0.1) is 29.4 Å². The molecule has 0 spiro atoms. The minimum absolute atomic E-state index is 0.00149. The molecule has 9 nitrogen and oxygen atoms in total. The monoisotopic (exact) mass is 526 g/mol. The van der Waals surface area contributed by atoms with Crippen LogP contribution in [0.1, 0.15) is 6.42 Å². The molecule has 0 aliphatic carbocycles. The molecule has 37 heavy (non-hydrogen) atoms. The third kappa shape index (κ3) is 6.53. The second-order valence-corrected chi connectivity index (χ2v) is 9.29. The summed E-state index contributed by atoms with van der Waals surface area (Å²) < 4.78 is 25.2. The largest absolute Gasteiger partial charge is 0.486 e. The Hall–Kier alpha value is -3.31. The molecule has 1 unspecified atom stereocenters. The lowest BCUT2D eigenvalue weighted by molar-refractivity contribution is -0.111. The maximum absolute atomic E-state index is 13.6. The molecule has 2 aromatic carbocycles. The third-order valence-corrected chi connectivity index (χ3v) is 6.49. The smallest absolute Gasteiger partial charge is 0.248 e. The molecule has 3 aromatic rings. The van der Waals surface area contributed by atoms with E-state index in [1.54, 1.807) is 18.2 Å². The molecule has 3 heterocycles. The quantitative estimate of drug-likeness (QED) is 0.382. The van der Waals surface area contributed by atoms with Gasteiger partial charge in [-0.15, -0.1) is 0 Å². The van der Waals surface area contributed by atoms with E-state index in [-0.39, 0.29) is 17.0 Å². The van der Waals surface area contributed by atoms with Crippen LogP contribution in [0.2, 0.25) is 5.02 Å². The molecule has 2 fully saturated rings. The number of ether oxygens (including phenoxy) is 2. The third-order valence-electron chi connectivity index (χ3n) is 6.20. The van der Waals surface area contributed by atoms with Crippen LogP contribution in [0.15, 0.2) is 48.8 Å². The van der Waals surface area contributed by atoms with Crippen LogP contribution < -0.4 is 20.7 Å². The van der Waals surface area contributed by atoms with E-state index in [9.17, 15) is 9.18 Å².